The van der Waals surface area contributed by atoms with Crippen molar-refractivity contribution in [1.29, 1.82) is 0 Å². The van der Waals surface area contributed by atoms with Crippen LogP contribution in [0.1, 0.15) is 6.92 Å². The van der Waals surface area contributed by atoms with E-state index in [1.165, 1.54) is 0 Å². The van der Waals surface area contributed by atoms with E-state index in [4.69, 9.17) is 16.3 Å². The maximum absolute atomic E-state index is 11.7. The van der Waals surface area contributed by atoms with Gasteiger partial charge < -0.3 is 15.4 Å². The van der Waals surface area contributed by atoms with E-state index < -0.39 is 11.9 Å². The third kappa shape index (κ3) is 2.62. The lowest BCUT2D eigenvalue weighted by molar-refractivity contribution is -0.137. The standard InChI is InChI=1S/C12H11ClN2O3/c1-2-18-11(16)6-10-12(17)15-8-4-3-7(13)5-9(8)14-10/h3-6,14H,2H2,1H3,(H,15,17). The summed E-state index contributed by atoms with van der Waals surface area (Å²) < 4.78 is 4.74. The zero-order chi connectivity index (χ0) is 13.1. The number of ether oxygens (including phenoxy) is 1. The highest BCUT2D eigenvalue weighted by Gasteiger charge is 2.20. The molecule has 0 aromatic heterocycles. The van der Waals surface area contributed by atoms with E-state index in [0.29, 0.717) is 16.4 Å². The molecule has 0 bridgehead atoms. The number of fused-ring (bicyclic) bond motifs is 1. The second-order valence-electron chi connectivity index (χ2n) is 3.58. The van der Waals surface area contributed by atoms with Crippen molar-refractivity contribution in [3.63, 3.8) is 0 Å². The summed E-state index contributed by atoms with van der Waals surface area (Å²) in [6.45, 7) is 1.95. The summed E-state index contributed by atoms with van der Waals surface area (Å²) >= 11 is 5.85. The summed E-state index contributed by atoms with van der Waals surface area (Å²) in [7, 11) is 0. The van der Waals surface area contributed by atoms with Gasteiger partial charge >= 0.3 is 5.97 Å². The van der Waals surface area contributed by atoms with Gasteiger partial charge in [-0.05, 0) is 25.1 Å². The van der Waals surface area contributed by atoms with Gasteiger partial charge in [-0.3, -0.25) is 4.79 Å². The van der Waals surface area contributed by atoms with Gasteiger partial charge in [0.2, 0.25) is 0 Å². The smallest absolute Gasteiger partial charge is 0.333 e. The average Bonchev–Trinajstić information content (AvgIpc) is 2.31. The van der Waals surface area contributed by atoms with Crippen molar-refractivity contribution in [1.82, 2.24) is 0 Å². The summed E-state index contributed by atoms with van der Waals surface area (Å²) in [4.78, 5) is 23.0. The van der Waals surface area contributed by atoms with E-state index in [9.17, 15) is 9.59 Å². The summed E-state index contributed by atoms with van der Waals surface area (Å²) in [6.07, 6.45) is 1.11. The number of hydrogen-bond donors (Lipinski definition) is 2. The Balaban J connectivity index is 2.27. The fourth-order valence-corrected chi connectivity index (χ4v) is 1.70. The van der Waals surface area contributed by atoms with Gasteiger partial charge in [0.05, 0.1) is 24.1 Å². The van der Waals surface area contributed by atoms with Crippen molar-refractivity contribution in [2.45, 2.75) is 6.92 Å². The molecule has 1 aliphatic heterocycles. The van der Waals surface area contributed by atoms with Gasteiger partial charge in [-0.1, -0.05) is 11.6 Å². The van der Waals surface area contributed by atoms with Crippen molar-refractivity contribution in [3.05, 3.63) is 35.0 Å². The minimum absolute atomic E-state index is 0.128. The lowest BCUT2D eigenvalue weighted by Gasteiger charge is -2.20. The number of nitrogens with one attached hydrogen (secondary N) is 2. The van der Waals surface area contributed by atoms with Crippen molar-refractivity contribution in [2.75, 3.05) is 17.2 Å². The molecule has 0 atom stereocenters. The van der Waals surface area contributed by atoms with Crippen molar-refractivity contribution in [3.8, 4) is 0 Å². The molecule has 2 rings (SSSR count). The molecule has 0 saturated heterocycles. The first-order valence-corrected chi connectivity index (χ1v) is 5.74. The number of carbonyl (C=O) groups excluding carboxylic acids is 2. The molecule has 0 unspecified atom stereocenters. The van der Waals surface area contributed by atoms with E-state index in [1.807, 2.05) is 0 Å². The van der Waals surface area contributed by atoms with Crippen LogP contribution in [0, 0.1) is 0 Å². The molecule has 1 heterocycles. The SMILES string of the molecule is CCOC(=O)C=C1Nc2cc(Cl)ccc2NC1=O. The molecule has 0 aliphatic carbocycles. The topological polar surface area (TPSA) is 67.4 Å². The van der Waals surface area contributed by atoms with Gasteiger partial charge in [0.25, 0.3) is 5.91 Å². The van der Waals surface area contributed by atoms with Crippen LogP contribution >= 0.6 is 11.6 Å². The summed E-state index contributed by atoms with van der Waals surface area (Å²) in [5, 5.41) is 6.02. The Morgan fingerprint density at radius 3 is 2.89 bits per heavy atom. The maximum Gasteiger partial charge on any atom is 0.333 e. The van der Waals surface area contributed by atoms with E-state index >= 15 is 0 Å². The Morgan fingerprint density at radius 1 is 1.39 bits per heavy atom. The quantitative estimate of drug-likeness (QED) is 0.636. The predicted octanol–water partition coefficient (Wildman–Crippen LogP) is 2.15. The van der Waals surface area contributed by atoms with Gasteiger partial charge in [0, 0.05) is 5.02 Å². The molecule has 0 radical (unpaired) electrons. The molecule has 18 heavy (non-hydrogen) atoms. The van der Waals surface area contributed by atoms with Crippen LogP contribution < -0.4 is 10.6 Å². The zero-order valence-corrected chi connectivity index (χ0v) is 10.4. The van der Waals surface area contributed by atoms with Crippen LogP contribution in [0.5, 0.6) is 0 Å². The number of rotatable bonds is 2. The predicted molar refractivity (Wildman–Crippen MR) is 68.4 cm³/mol. The van der Waals surface area contributed by atoms with E-state index in [1.54, 1.807) is 25.1 Å². The van der Waals surface area contributed by atoms with Gasteiger partial charge in [-0.25, -0.2) is 4.79 Å². The molecule has 0 fully saturated rings. The minimum Gasteiger partial charge on any atom is -0.463 e. The Hall–Kier alpha value is -2.01. The van der Waals surface area contributed by atoms with Crippen LogP contribution in [0.2, 0.25) is 5.02 Å². The van der Waals surface area contributed by atoms with Gasteiger partial charge in [0.1, 0.15) is 5.70 Å². The second kappa shape index (κ2) is 5.10. The highest BCUT2D eigenvalue weighted by molar-refractivity contribution is 6.31. The van der Waals surface area contributed by atoms with Crippen LogP contribution in [0.3, 0.4) is 0 Å². The van der Waals surface area contributed by atoms with Crippen LogP contribution in [0.4, 0.5) is 11.4 Å². The number of benzene rings is 1. The van der Waals surface area contributed by atoms with Crippen molar-refractivity contribution >= 4 is 34.9 Å². The molecule has 1 aromatic carbocycles. The lowest BCUT2D eigenvalue weighted by atomic mass is 10.2. The highest BCUT2D eigenvalue weighted by Crippen LogP contribution is 2.30. The first-order valence-electron chi connectivity index (χ1n) is 5.36. The van der Waals surface area contributed by atoms with Gasteiger partial charge in [-0.2, -0.15) is 0 Å². The number of halogens is 1. The molecule has 1 amide bonds. The van der Waals surface area contributed by atoms with Crippen LogP contribution in [0.15, 0.2) is 30.0 Å². The molecule has 0 saturated carbocycles. The molecule has 0 spiro atoms. The van der Waals surface area contributed by atoms with Crippen molar-refractivity contribution in [2.24, 2.45) is 0 Å². The van der Waals surface area contributed by atoms with E-state index in [2.05, 4.69) is 10.6 Å². The minimum atomic E-state index is -0.569. The highest BCUT2D eigenvalue weighted by atomic mass is 35.5. The molecule has 1 aromatic rings. The molecular formula is C12H11ClN2O3. The maximum atomic E-state index is 11.7. The molecule has 5 nitrogen and oxygen atoms in total. The second-order valence-corrected chi connectivity index (χ2v) is 4.02. The monoisotopic (exact) mass is 266 g/mol. The number of esters is 1. The first kappa shape index (κ1) is 12.4. The number of amides is 1. The lowest BCUT2D eigenvalue weighted by Crippen LogP contribution is -2.26. The van der Waals surface area contributed by atoms with Crippen LogP contribution in [0.25, 0.3) is 0 Å². The van der Waals surface area contributed by atoms with E-state index in [-0.39, 0.29) is 12.3 Å². The normalized spacial score (nSPS) is 15.7. The molecule has 2 N–H and O–H groups in total. The Morgan fingerprint density at radius 2 is 2.17 bits per heavy atom. The largest absolute Gasteiger partial charge is 0.463 e. The zero-order valence-electron chi connectivity index (χ0n) is 9.62. The number of anilines is 2. The Bertz CT molecular complexity index is 540. The molecular weight excluding hydrogens is 256 g/mol. The first-order chi connectivity index (χ1) is 8.60. The summed E-state index contributed by atoms with van der Waals surface area (Å²) in [5.74, 6) is -0.960. The Labute approximate surface area is 109 Å². The summed E-state index contributed by atoms with van der Waals surface area (Å²) in [5.41, 5.74) is 1.38. The summed E-state index contributed by atoms with van der Waals surface area (Å²) in [6, 6.07) is 5.02. The molecule has 1 aliphatic rings. The van der Waals surface area contributed by atoms with E-state index in [0.717, 1.165) is 6.08 Å². The number of hydrogen-bond acceptors (Lipinski definition) is 4. The van der Waals surface area contributed by atoms with Crippen molar-refractivity contribution < 1.29 is 14.3 Å². The fraction of sp³-hybridized carbons (Fsp3) is 0.167. The third-order valence-corrected chi connectivity index (χ3v) is 2.53. The van der Waals surface area contributed by atoms with Gasteiger partial charge in [0.15, 0.2) is 0 Å². The third-order valence-electron chi connectivity index (χ3n) is 2.29. The van der Waals surface area contributed by atoms with Gasteiger partial charge in [-0.15, -0.1) is 0 Å². The number of carbonyl (C=O) groups is 2. The average molecular weight is 267 g/mol. The molecule has 6 heteroatoms. The van der Waals surface area contributed by atoms with Crippen LogP contribution in [-0.2, 0) is 14.3 Å². The Kier molecular flexibility index (Phi) is 3.53. The fourth-order valence-electron chi connectivity index (χ4n) is 1.52. The van der Waals surface area contributed by atoms with Crippen LogP contribution in [-0.4, -0.2) is 18.5 Å². The molecule has 94 valence electrons.